The van der Waals surface area contributed by atoms with E-state index in [-0.39, 0.29) is 17.2 Å². The third-order valence-electron chi connectivity index (χ3n) is 3.27. The van der Waals surface area contributed by atoms with E-state index < -0.39 is 12.0 Å². The van der Waals surface area contributed by atoms with Crippen molar-refractivity contribution < 1.29 is 13.2 Å². The number of nitrogens with one attached hydrogen (secondary N) is 1. The van der Waals surface area contributed by atoms with Gasteiger partial charge in [-0.15, -0.1) is 0 Å². The summed E-state index contributed by atoms with van der Waals surface area (Å²) in [6, 6.07) is 7.90. The van der Waals surface area contributed by atoms with Crippen molar-refractivity contribution in [2.75, 3.05) is 5.32 Å². The highest BCUT2D eigenvalue weighted by molar-refractivity contribution is 5.31. The number of hydrogen-bond acceptors (Lipinski definition) is 4. The second kappa shape index (κ2) is 6.14. The van der Waals surface area contributed by atoms with Crippen molar-refractivity contribution in [1.82, 2.24) is 15.0 Å². The van der Waals surface area contributed by atoms with Gasteiger partial charge >= 0.3 is 6.18 Å². The van der Waals surface area contributed by atoms with Gasteiger partial charge in [0.05, 0.1) is 0 Å². The van der Waals surface area contributed by atoms with Crippen LogP contribution in [-0.4, -0.2) is 15.0 Å². The minimum atomic E-state index is -4.58. The Bertz CT molecular complexity index is 673. The average molecular weight is 324 g/mol. The number of aromatic nitrogens is 3. The molecular formula is C16H19F3N4. The first-order valence-electron chi connectivity index (χ1n) is 7.19. The molecule has 0 aliphatic rings. The van der Waals surface area contributed by atoms with Crippen LogP contribution in [-0.2, 0) is 18.1 Å². The Labute approximate surface area is 133 Å². The summed E-state index contributed by atoms with van der Waals surface area (Å²) in [6.07, 6.45) is -4.58. The number of aryl methyl sites for hydroxylation is 1. The van der Waals surface area contributed by atoms with Gasteiger partial charge in [0.2, 0.25) is 11.8 Å². The molecule has 0 aliphatic heterocycles. The van der Waals surface area contributed by atoms with Crippen molar-refractivity contribution in [3.05, 3.63) is 47.0 Å². The van der Waals surface area contributed by atoms with Crippen LogP contribution in [0.1, 0.15) is 43.5 Å². The molecule has 0 aliphatic carbocycles. The summed E-state index contributed by atoms with van der Waals surface area (Å²) in [5.41, 5.74) is 2.18. The zero-order valence-electron chi connectivity index (χ0n) is 13.5. The fraction of sp³-hybridized carbons (Fsp3) is 0.438. The van der Waals surface area contributed by atoms with Gasteiger partial charge in [0, 0.05) is 6.54 Å². The van der Waals surface area contributed by atoms with Gasteiger partial charge in [-0.25, -0.2) is 4.98 Å². The van der Waals surface area contributed by atoms with Crippen molar-refractivity contribution in [2.24, 2.45) is 0 Å². The van der Waals surface area contributed by atoms with Crippen molar-refractivity contribution in [2.45, 2.75) is 45.8 Å². The van der Waals surface area contributed by atoms with Gasteiger partial charge in [-0.1, -0.05) is 45.0 Å². The SMILES string of the molecule is Cc1nc(NCc2ccc(C(C)(C)C)cc2)nc(C(F)(F)F)n1. The lowest BCUT2D eigenvalue weighted by Gasteiger charge is -2.19. The van der Waals surface area contributed by atoms with Crippen LogP contribution in [0.25, 0.3) is 0 Å². The molecule has 0 saturated carbocycles. The average Bonchev–Trinajstić information content (AvgIpc) is 2.43. The third kappa shape index (κ3) is 4.64. The normalized spacial score (nSPS) is 12.3. The Morgan fingerprint density at radius 1 is 0.957 bits per heavy atom. The second-order valence-corrected chi connectivity index (χ2v) is 6.33. The minimum Gasteiger partial charge on any atom is -0.350 e. The molecule has 1 aromatic carbocycles. The highest BCUT2D eigenvalue weighted by Gasteiger charge is 2.35. The van der Waals surface area contributed by atoms with Crippen LogP contribution in [0.2, 0.25) is 0 Å². The van der Waals surface area contributed by atoms with Crippen molar-refractivity contribution in [1.29, 1.82) is 0 Å². The second-order valence-electron chi connectivity index (χ2n) is 6.33. The molecule has 0 atom stereocenters. The Kier molecular flexibility index (Phi) is 4.58. The molecule has 0 amide bonds. The molecule has 0 radical (unpaired) electrons. The van der Waals surface area contributed by atoms with Crippen molar-refractivity contribution in [3.63, 3.8) is 0 Å². The summed E-state index contributed by atoms with van der Waals surface area (Å²) in [7, 11) is 0. The fourth-order valence-corrected chi connectivity index (χ4v) is 1.99. The summed E-state index contributed by atoms with van der Waals surface area (Å²) in [6.45, 7) is 8.09. The van der Waals surface area contributed by atoms with E-state index in [0.29, 0.717) is 6.54 Å². The molecular weight excluding hydrogens is 305 g/mol. The smallest absolute Gasteiger partial charge is 0.350 e. The molecule has 7 heteroatoms. The molecule has 124 valence electrons. The van der Waals surface area contributed by atoms with E-state index in [0.717, 1.165) is 5.56 Å². The Morgan fingerprint density at radius 3 is 2.09 bits per heavy atom. The van der Waals surface area contributed by atoms with Crippen LogP contribution in [0.3, 0.4) is 0 Å². The maximum absolute atomic E-state index is 12.7. The number of halogens is 3. The highest BCUT2D eigenvalue weighted by Crippen LogP contribution is 2.26. The van der Waals surface area contributed by atoms with Gasteiger partial charge in [-0.2, -0.15) is 23.1 Å². The molecule has 0 bridgehead atoms. The topological polar surface area (TPSA) is 50.7 Å². The van der Waals surface area contributed by atoms with E-state index in [2.05, 4.69) is 41.0 Å². The van der Waals surface area contributed by atoms with Gasteiger partial charge in [0.15, 0.2) is 0 Å². The van der Waals surface area contributed by atoms with Gasteiger partial charge < -0.3 is 5.32 Å². The third-order valence-corrected chi connectivity index (χ3v) is 3.27. The first-order valence-corrected chi connectivity index (χ1v) is 7.19. The minimum absolute atomic E-state index is 0.0258. The van der Waals surface area contributed by atoms with Gasteiger partial charge in [0.25, 0.3) is 0 Å². The van der Waals surface area contributed by atoms with Crippen LogP contribution in [0, 0.1) is 6.92 Å². The zero-order chi connectivity index (χ0) is 17.3. The zero-order valence-corrected chi connectivity index (χ0v) is 13.5. The van der Waals surface area contributed by atoms with Crippen LogP contribution >= 0.6 is 0 Å². The van der Waals surface area contributed by atoms with E-state index in [1.165, 1.54) is 12.5 Å². The van der Waals surface area contributed by atoms with Gasteiger partial charge in [0.1, 0.15) is 5.82 Å². The molecule has 0 spiro atoms. The molecule has 2 aromatic rings. The maximum atomic E-state index is 12.7. The summed E-state index contributed by atoms with van der Waals surface area (Å²) >= 11 is 0. The molecule has 1 aromatic heterocycles. The molecule has 2 rings (SSSR count). The molecule has 1 N–H and O–H groups in total. The first kappa shape index (κ1) is 17.2. The summed E-state index contributed by atoms with van der Waals surface area (Å²) in [5, 5.41) is 2.81. The Balaban J connectivity index is 2.11. The number of alkyl halides is 3. The van der Waals surface area contributed by atoms with E-state index >= 15 is 0 Å². The van der Waals surface area contributed by atoms with Crippen molar-refractivity contribution >= 4 is 5.95 Å². The molecule has 0 saturated heterocycles. The first-order chi connectivity index (χ1) is 10.6. The Hall–Kier alpha value is -2.18. The maximum Gasteiger partial charge on any atom is 0.451 e. The summed E-state index contributed by atoms with van der Waals surface area (Å²) < 4.78 is 38.1. The molecule has 23 heavy (non-hydrogen) atoms. The largest absolute Gasteiger partial charge is 0.451 e. The lowest BCUT2D eigenvalue weighted by Crippen LogP contribution is -2.16. The number of anilines is 1. The monoisotopic (exact) mass is 324 g/mol. The van der Waals surface area contributed by atoms with Crippen LogP contribution in [0.5, 0.6) is 0 Å². The number of rotatable bonds is 3. The predicted octanol–water partition coefficient (Wildman–Crippen LogP) is 4.11. The summed E-state index contributed by atoms with van der Waals surface area (Å²) in [4.78, 5) is 10.6. The van der Waals surface area contributed by atoms with E-state index in [9.17, 15) is 13.2 Å². The van der Waals surface area contributed by atoms with Gasteiger partial charge in [-0.05, 0) is 23.5 Å². The molecule has 1 heterocycles. The quantitative estimate of drug-likeness (QED) is 0.923. The molecule has 0 unspecified atom stereocenters. The van der Waals surface area contributed by atoms with Crippen LogP contribution in [0.15, 0.2) is 24.3 Å². The fourth-order valence-electron chi connectivity index (χ4n) is 1.99. The highest BCUT2D eigenvalue weighted by atomic mass is 19.4. The predicted molar refractivity (Wildman–Crippen MR) is 82.0 cm³/mol. The lowest BCUT2D eigenvalue weighted by molar-refractivity contribution is -0.145. The molecule has 0 fully saturated rings. The summed E-state index contributed by atoms with van der Waals surface area (Å²) in [5.74, 6) is -1.24. The van der Waals surface area contributed by atoms with Crippen molar-refractivity contribution in [3.8, 4) is 0 Å². The standard InChI is InChI=1S/C16H19F3N4/c1-10-21-13(16(17,18)19)23-14(22-10)20-9-11-5-7-12(8-6-11)15(2,3)4/h5-8H,9H2,1-4H3,(H,20,21,22,23). The Morgan fingerprint density at radius 2 is 1.57 bits per heavy atom. The number of benzene rings is 1. The number of hydrogen-bond donors (Lipinski definition) is 1. The molecule has 4 nitrogen and oxygen atoms in total. The van der Waals surface area contributed by atoms with Crippen LogP contribution < -0.4 is 5.32 Å². The van der Waals surface area contributed by atoms with E-state index in [1.54, 1.807) is 0 Å². The lowest BCUT2D eigenvalue weighted by atomic mass is 9.87. The number of nitrogens with zero attached hydrogens (tertiary/aromatic N) is 3. The van der Waals surface area contributed by atoms with Gasteiger partial charge in [-0.3, -0.25) is 0 Å². The van der Waals surface area contributed by atoms with E-state index in [4.69, 9.17) is 0 Å². The van der Waals surface area contributed by atoms with Crippen LogP contribution in [0.4, 0.5) is 19.1 Å². The van der Waals surface area contributed by atoms with E-state index in [1.807, 2.05) is 24.3 Å².